The lowest BCUT2D eigenvalue weighted by Gasteiger charge is -2.18. The van der Waals surface area contributed by atoms with Gasteiger partial charge in [0.25, 0.3) is 0 Å². The fraction of sp³-hybridized carbons (Fsp3) is 0.571. The first-order valence-electron chi connectivity index (χ1n) is 12.6. The molecule has 176 valence electrons. The summed E-state index contributed by atoms with van der Waals surface area (Å²) >= 11 is -2.15. The Bertz CT molecular complexity index is 606. The molecule has 0 heterocycles. The van der Waals surface area contributed by atoms with Crippen LogP contribution in [0.15, 0.2) is 60.7 Å². The van der Waals surface area contributed by atoms with Gasteiger partial charge in [-0.15, -0.1) is 0 Å². The standard InChI is InChI=1S/2C6H6O.4C4H9.2Al/c2*7-6-4-2-1-3-5-6;4*1-4(2)3;;/h2*1-5,7H;4*4H,1H2,2-3H3;;/q;;;;;;2*+1/p-2. The van der Waals surface area contributed by atoms with Crippen molar-refractivity contribution in [1.29, 1.82) is 0 Å². The molecule has 0 aliphatic heterocycles. The minimum Gasteiger partial charge on any atom is -0.643 e. The van der Waals surface area contributed by atoms with Crippen molar-refractivity contribution in [3.63, 3.8) is 0 Å². The fourth-order valence-corrected chi connectivity index (χ4v) is 9.93. The average molecular weight is 469 g/mol. The van der Waals surface area contributed by atoms with Gasteiger partial charge < -0.3 is 7.58 Å². The van der Waals surface area contributed by atoms with E-state index in [0.717, 1.165) is 35.2 Å². The van der Waals surface area contributed by atoms with Gasteiger partial charge in [0, 0.05) is 0 Å². The highest BCUT2D eigenvalue weighted by Crippen LogP contribution is 2.20. The smallest absolute Gasteiger partial charge is 0.547 e. The van der Waals surface area contributed by atoms with Crippen molar-refractivity contribution >= 4 is 29.0 Å². The van der Waals surface area contributed by atoms with Crippen molar-refractivity contribution < 1.29 is 7.58 Å². The minimum absolute atomic E-state index is 0.749. The Labute approximate surface area is 208 Å². The zero-order valence-electron chi connectivity index (χ0n) is 21.9. The van der Waals surface area contributed by atoms with E-state index in [1.807, 2.05) is 36.4 Å². The van der Waals surface area contributed by atoms with Crippen LogP contribution in [0.3, 0.4) is 0 Å². The van der Waals surface area contributed by atoms with Crippen LogP contribution in [0.1, 0.15) is 55.4 Å². The second-order valence-corrected chi connectivity index (χ2v) is 15.5. The van der Waals surface area contributed by atoms with Crippen LogP contribution in [0.5, 0.6) is 11.5 Å². The summed E-state index contributed by atoms with van der Waals surface area (Å²) in [6.45, 7) is 18.3. The van der Waals surface area contributed by atoms with E-state index in [-0.39, 0.29) is 0 Å². The number of hydrogen-bond donors (Lipinski definition) is 0. The van der Waals surface area contributed by atoms with E-state index in [4.69, 9.17) is 7.58 Å². The van der Waals surface area contributed by atoms with Crippen LogP contribution in [0.4, 0.5) is 0 Å². The number of para-hydroxylation sites is 2. The summed E-state index contributed by atoms with van der Waals surface area (Å²) in [5.41, 5.74) is 0. The summed E-state index contributed by atoms with van der Waals surface area (Å²) in [6.07, 6.45) is 0. The highest BCUT2D eigenvalue weighted by atomic mass is 27.2. The van der Waals surface area contributed by atoms with Gasteiger partial charge in [-0.05, 0) is 24.3 Å². The van der Waals surface area contributed by atoms with Crippen LogP contribution in [0, 0.1) is 23.7 Å². The molecule has 2 aromatic carbocycles. The second kappa shape index (κ2) is 16.7. The van der Waals surface area contributed by atoms with Crippen LogP contribution in [0.25, 0.3) is 0 Å². The third kappa shape index (κ3) is 15.0. The monoisotopic (exact) mass is 468 g/mol. The quantitative estimate of drug-likeness (QED) is 0.290. The van der Waals surface area contributed by atoms with Crippen molar-refractivity contribution in [2.75, 3.05) is 0 Å². The predicted molar refractivity (Wildman–Crippen MR) is 144 cm³/mol. The molecule has 2 nitrogen and oxygen atoms in total. The van der Waals surface area contributed by atoms with Gasteiger partial charge in [-0.25, -0.2) is 0 Å². The fourth-order valence-electron chi connectivity index (χ4n) is 3.87. The molecule has 0 amide bonds. The molecule has 0 aromatic heterocycles. The van der Waals surface area contributed by atoms with Crippen LogP contribution >= 0.6 is 0 Å². The Morgan fingerprint density at radius 2 is 0.719 bits per heavy atom. The third-order valence-electron chi connectivity index (χ3n) is 5.03. The predicted octanol–water partition coefficient (Wildman–Crippen LogP) is 8.74. The van der Waals surface area contributed by atoms with Gasteiger partial charge in [0.05, 0.1) is 11.5 Å². The third-order valence-corrected chi connectivity index (χ3v) is 12.1. The van der Waals surface area contributed by atoms with Gasteiger partial charge >= 0.3 is 29.0 Å². The highest BCUT2D eigenvalue weighted by Gasteiger charge is 2.26. The second-order valence-electron chi connectivity index (χ2n) is 10.6. The molecule has 2 aromatic rings. The summed E-state index contributed by atoms with van der Waals surface area (Å²) in [5, 5.41) is 5.08. The van der Waals surface area contributed by atoms with Crippen molar-refractivity contribution in [3.8, 4) is 11.5 Å². The van der Waals surface area contributed by atoms with E-state index in [2.05, 4.69) is 79.7 Å². The summed E-state index contributed by atoms with van der Waals surface area (Å²) in [7, 11) is 0. The topological polar surface area (TPSA) is 18.5 Å². The normalized spacial score (nSPS) is 10.9. The molecular weight excluding hydrogens is 422 g/mol. The Morgan fingerprint density at radius 3 is 0.938 bits per heavy atom. The van der Waals surface area contributed by atoms with Gasteiger partial charge in [0.15, 0.2) is 0 Å². The van der Waals surface area contributed by atoms with Gasteiger partial charge in [0.2, 0.25) is 0 Å². The molecule has 0 fully saturated rings. The lowest BCUT2D eigenvalue weighted by Crippen LogP contribution is -2.25. The molecule has 0 radical (unpaired) electrons. The maximum atomic E-state index is 6.18. The zero-order valence-corrected chi connectivity index (χ0v) is 24.2. The molecule has 4 heteroatoms. The SMILES string of the molecule is CC(C)[CH2][Al]([CH2]C(C)C)[O]c1ccccc1.CC(C)[CH2][Al]([CH2]C(C)C)[O]c1ccccc1. The van der Waals surface area contributed by atoms with Gasteiger partial charge in [-0.2, -0.15) is 0 Å². The Morgan fingerprint density at radius 1 is 0.469 bits per heavy atom. The molecule has 0 aliphatic rings. The molecule has 2 rings (SSSR count). The lowest BCUT2D eigenvalue weighted by molar-refractivity contribution is 0.526. The molecule has 0 saturated carbocycles. The first kappa shape index (κ1) is 29.1. The van der Waals surface area contributed by atoms with E-state index in [9.17, 15) is 0 Å². The van der Waals surface area contributed by atoms with Gasteiger partial charge in [0.1, 0.15) is 0 Å². The zero-order chi connectivity index (χ0) is 23.9. The lowest BCUT2D eigenvalue weighted by atomic mass is 10.3. The molecule has 0 spiro atoms. The Kier molecular flexibility index (Phi) is 15.2. The maximum Gasteiger partial charge on any atom is 0.547 e. The summed E-state index contributed by atoms with van der Waals surface area (Å²) in [5.74, 6) is 5.11. The molecule has 0 bridgehead atoms. The number of hydrogen-bond acceptors (Lipinski definition) is 2. The number of rotatable bonds is 12. The van der Waals surface area contributed by atoms with Crippen LogP contribution < -0.4 is 7.58 Å². The van der Waals surface area contributed by atoms with Gasteiger partial charge in [-0.1, -0.05) is 137 Å². The first-order valence-corrected chi connectivity index (χ1v) is 16.8. The Hall–Kier alpha value is -0.895. The Balaban J connectivity index is 0.000000320. The van der Waals surface area contributed by atoms with E-state index < -0.39 is 29.0 Å². The highest BCUT2D eigenvalue weighted by molar-refractivity contribution is 6.53. The maximum absolute atomic E-state index is 6.18. The van der Waals surface area contributed by atoms with Crippen molar-refractivity contribution in [2.45, 2.75) is 76.5 Å². The van der Waals surface area contributed by atoms with Crippen LogP contribution in [0.2, 0.25) is 21.1 Å². The van der Waals surface area contributed by atoms with Crippen molar-refractivity contribution in [1.82, 2.24) is 0 Å². The van der Waals surface area contributed by atoms with Crippen molar-refractivity contribution in [2.24, 2.45) is 23.7 Å². The van der Waals surface area contributed by atoms with E-state index in [1.54, 1.807) is 0 Å². The van der Waals surface area contributed by atoms with Crippen LogP contribution in [-0.2, 0) is 0 Å². The molecule has 0 N–H and O–H groups in total. The van der Waals surface area contributed by atoms with Crippen molar-refractivity contribution in [3.05, 3.63) is 60.7 Å². The largest absolute Gasteiger partial charge is 0.643 e. The number of benzene rings is 2. The molecular formula is C28H46Al2O2. The molecule has 0 atom stereocenters. The average Bonchev–Trinajstić information content (AvgIpc) is 2.68. The van der Waals surface area contributed by atoms with E-state index in [1.165, 1.54) is 21.1 Å². The van der Waals surface area contributed by atoms with E-state index >= 15 is 0 Å². The summed E-state index contributed by atoms with van der Waals surface area (Å²) in [4.78, 5) is 0. The first-order chi connectivity index (χ1) is 15.2. The minimum atomic E-state index is -1.08. The molecule has 0 saturated heterocycles. The summed E-state index contributed by atoms with van der Waals surface area (Å²) in [6, 6.07) is 20.5. The molecule has 0 unspecified atom stereocenters. The molecule has 0 aliphatic carbocycles. The van der Waals surface area contributed by atoms with Crippen LogP contribution in [-0.4, -0.2) is 29.0 Å². The molecule has 32 heavy (non-hydrogen) atoms. The van der Waals surface area contributed by atoms with Gasteiger partial charge in [-0.3, -0.25) is 0 Å². The van der Waals surface area contributed by atoms with E-state index in [0.29, 0.717) is 0 Å². The summed E-state index contributed by atoms with van der Waals surface area (Å²) < 4.78 is 12.4.